The lowest BCUT2D eigenvalue weighted by molar-refractivity contribution is -0.118. The number of nitrogens with zero attached hydrogens (tertiary/aromatic N) is 1. The summed E-state index contributed by atoms with van der Waals surface area (Å²) in [5.41, 5.74) is 1.54. The first-order valence-electron chi connectivity index (χ1n) is 7.64. The number of amides is 1. The van der Waals surface area contributed by atoms with Crippen LogP contribution in [0.5, 0.6) is 11.5 Å². The molecule has 25 heavy (non-hydrogen) atoms. The van der Waals surface area contributed by atoms with Crippen LogP contribution in [0.15, 0.2) is 53.2 Å². The first-order valence-corrected chi connectivity index (χ1v) is 9.20. The Morgan fingerprint density at radius 1 is 1.28 bits per heavy atom. The van der Waals surface area contributed by atoms with E-state index in [0.29, 0.717) is 23.0 Å². The molecule has 0 spiro atoms. The fourth-order valence-electron chi connectivity index (χ4n) is 2.27. The molecule has 0 saturated heterocycles. The first-order chi connectivity index (χ1) is 12.1. The van der Waals surface area contributed by atoms with Crippen LogP contribution in [-0.2, 0) is 4.79 Å². The van der Waals surface area contributed by atoms with Gasteiger partial charge in [-0.25, -0.2) is 0 Å². The predicted octanol–water partition coefficient (Wildman–Crippen LogP) is 3.87. The summed E-state index contributed by atoms with van der Waals surface area (Å²) >= 11 is 7.40. The topological polar surface area (TPSA) is 50.8 Å². The van der Waals surface area contributed by atoms with Crippen LogP contribution in [0.2, 0.25) is 0 Å². The third-order valence-corrected chi connectivity index (χ3v) is 4.57. The molecule has 1 aromatic carbocycles. The van der Waals surface area contributed by atoms with Crippen molar-refractivity contribution in [2.45, 2.75) is 6.42 Å². The van der Waals surface area contributed by atoms with E-state index >= 15 is 0 Å². The molecule has 0 heterocycles. The van der Waals surface area contributed by atoms with E-state index in [9.17, 15) is 4.79 Å². The van der Waals surface area contributed by atoms with Crippen LogP contribution in [0.1, 0.15) is 6.42 Å². The normalized spacial score (nSPS) is 13.4. The van der Waals surface area contributed by atoms with Gasteiger partial charge in [-0.1, -0.05) is 35.7 Å². The van der Waals surface area contributed by atoms with E-state index in [-0.39, 0.29) is 12.5 Å². The van der Waals surface area contributed by atoms with Crippen molar-refractivity contribution < 1.29 is 14.3 Å². The molecule has 5 nitrogen and oxygen atoms in total. The highest BCUT2D eigenvalue weighted by Gasteiger charge is 2.16. The zero-order chi connectivity index (χ0) is 18.2. The van der Waals surface area contributed by atoms with Crippen molar-refractivity contribution in [3.8, 4) is 11.5 Å². The summed E-state index contributed by atoms with van der Waals surface area (Å²) < 4.78 is 12.5. The zero-order valence-electron chi connectivity index (χ0n) is 14.4. The largest absolute Gasteiger partial charge is 0.497 e. The maximum absolute atomic E-state index is 12.4. The Morgan fingerprint density at radius 2 is 2.08 bits per heavy atom. The molecule has 7 heteroatoms. The summed E-state index contributed by atoms with van der Waals surface area (Å²) in [6.45, 7) is 0.177. The number of ether oxygens (including phenoxy) is 2. The van der Waals surface area contributed by atoms with Gasteiger partial charge in [0, 0.05) is 23.1 Å². The van der Waals surface area contributed by atoms with Gasteiger partial charge in [-0.2, -0.15) is 0 Å². The van der Waals surface area contributed by atoms with Crippen LogP contribution in [0, 0.1) is 0 Å². The third kappa shape index (κ3) is 5.47. The second-order valence-electron chi connectivity index (χ2n) is 5.12. The zero-order valence-corrected chi connectivity index (χ0v) is 16.0. The third-order valence-electron chi connectivity index (χ3n) is 3.52. The molecule has 0 fully saturated rings. The van der Waals surface area contributed by atoms with E-state index in [1.54, 1.807) is 32.4 Å². The average molecular weight is 381 g/mol. The Bertz CT molecular complexity index is 716. The van der Waals surface area contributed by atoms with Crippen molar-refractivity contribution in [3.63, 3.8) is 0 Å². The first kappa shape index (κ1) is 19.3. The van der Waals surface area contributed by atoms with Crippen LogP contribution in [0.3, 0.4) is 0 Å². The second-order valence-corrected chi connectivity index (χ2v) is 6.37. The monoisotopic (exact) mass is 380 g/mol. The van der Waals surface area contributed by atoms with Gasteiger partial charge in [0.15, 0.2) is 0 Å². The number of nitrogens with one attached hydrogen (secondary N) is 1. The highest BCUT2D eigenvalue weighted by atomic mass is 35.5. The molecule has 1 N–H and O–H groups in total. The van der Waals surface area contributed by atoms with E-state index in [1.807, 2.05) is 34.8 Å². The van der Waals surface area contributed by atoms with Crippen LogP contribution in [0.25, 0.3) is 0 Å². The predicted molar refractivity (Wildman–Crippen MR) is 104 cm³/mol. The molecule has 1 aliphatic rings. The average Bonchev–Trinajstić information content (AvgIpc) is 2.83. The second kappa shape index (κ2) is 9.44. The Hall–Kier alpha value is -2.05. The van der Waals surface area contributed by atoms with Crippen molar-refractivity contribution in [1.82, 2.24) is 5.32 Å². The molecule has 134 valence electrons. The van der Waals surface area contributed by atoms with E-state index in [1.165, 1.54) is 11.9 Å². The van der Waals surface area contributed by atoms with Crippen LogP contribution < -0.4 is 19.1 Å². The highest BCUT2D eigenvalue weighted by molar-refractivity contribution is 8.00. The van der Waals surface area contributed by atoms with Gasteiger partial charge in [-0.15, -0.1) is 0 Å². The molecular weight excluding hydrogens is 360 g/mol. The van der Waals surface area contributed by atoms with Crippen molar-refractivity contribution in [2.24, 2.45) is 0 Å². The summed E-state index contributed by atoms with van der Waals surface area (Å²) in [5, 5.41) is 3.56. The smallest absolute Gasteiger partial charge is 0.244 e. The molecule has 0 aromatic heterocycles. The summed E-state index contributed by atoms with van der Waals surface area (Å²) in [6, 6.07) is 5.50. The lowest BCUT2D eigenvalue weighted by Gasteiger charge is -2.23. The van der Waals surface area contributed by atoms with Gasteiger partial charge in [-0.3, -0.25) is 4.79 Å². The maximum Gasteiger partial charge on any atom is 0.244 e. The number of benzene rings is 1. The molecular formula is C18H21ClN2O3S. The van der Waals surface area contributed by atoms with E-state index in [2.05, 4.69) is 5.32 Å². The minimum Gasteiger partial charge on any atom is -0.497 e. The number of methoxy groups -OCH3 is 2. The number of rotatable bonds is 7. The van der Waals surface area contributed by atoms with Gasteiger partial charge in [0.05, 0.1) is 19.9 Å². The standard InChI is InChI=1S/C18H21ClN2O3S/c1-23-15-9-10-16(17(11-15)24-2)21(25-3)12-18(22)20-14-6-4-5-13(19)7-8-14/h5-11H,4,12H2,1-3H3,(H,20,22). The number of hydrogen-bond donors (Lipinski definition) is 1. The Morgan fingerprint density at radius 3 is 2.76 bits per heavy atom. The lowest BCUT2D eigenvalue weighted by Crippen LogP contribution is -2.33. The molecule has 1 aromatic rings. The molecule has 1 amide bonds. The summed E-state index contributed by atoms with van der Waals surface area (Å²) in [5.74, 6) is 1.22. The Balaban J connectivity index is 2.08. The Kier molecular flexibility index (Phi) is 7.28. The molecule has 0 radical (unpaired) electrons. The summed E-state index contributed by atoms with van der Waals surface area (Å²) in [7, 11) is 3.19. The molecule has 0 bridgehead atoms. The number of allylic oxidation sites excluding steroid dienone is 5. The molecule has 0 atom stereocenters. The van der Waals surface area contributed by atoms with Gasteiger partial charge in [0.2, 0.25) is 5.91 Å². The fraction of sp³-hybridized carbons (Fsp3) is 0.278. The lowest BCUT2D eigenvalue weighted by atomic mass is 10.2. The van der Waals surface area contributed by atoms with E-state index < -0.39 is 0 Å². The van der Waals surface area contributed by atoms with Crippen molar-refractivity contribution in [3.05, 3.63) is 53.2 Å². The molecule has 0 aliphatic heterocycles. The van der Waals surface area contributed by atoms with Crippen LogP contribution in [0.4, 0.5) is 5.69 Å². The molecule has 1 aliphatic carbocycles. The summed E-state index contributed by atoms with van der Waals surface area (Å²) in [4.78, 5) is 12.4. The highest BCUT2D eigenvalue weighted by Crippen LogP contribution is 2.34. The number of carbonyl (C=O) groups is 1. The molecule has 0 saturated carbocycles. The van der Waals surface area contributed by atoms with E-state index in [4.69, 9.17) is 21.1 Å². The summed E-state index contributed by atoms with van der Waals surface area (Å²) in [6.07, 6.45) is 9.95. The number of carbonyl (C=O) groups excluding carboxylic acids is 1. The fourth-order valence-corrected chi connectivity index (χ4v) is 3.01. The van der Waals surface area contributed by atoms with Crippen LogP contribution in [-0.4, -0.2) is 32.9 Å². The van der Waals surface area contributed by atoms with Gasteiger partial charge in [-0.05, 0) is 30.7 Å². The van der Waals surface area contributed by atoms with Crippen molar-refractivity contribution in [1.29, 1.82) is 0 Å². The minimum atomic E-state index is -0.124. The van der Waals surface area contributed by atoms with Gasteiger partial charge >= 0.3 is 0 Å². The molecule has 2 rings (SSSR count). The maximum atomic E-state index is 12.4. The molecule has 0 unspecified atom stereocenters. The van der Waals surface area contributed by atoms with Crippen LogP contribution >= 0.6 is 23.5 Å². The minimum absolute atomic E-state index is 0.124. The van der Waals surface area contributed by atoms with Gasteiger partial charge in [0.25, 0.3) is 0 Å². The number of halogens is 1. The van der Waals surface area contributed by atoms with Gasteiger partial charge < -0.3 is 19.1 Å². The Labute approximate surface area is 157 Å². The SMILES string of the molecule is COc1ccc(N(CC(=O)NC2=CCC=C(Cl)C=C2)SC)c(OC)c1. The van der Waals surface area contributed by atoms with Gasteiger partial charge in [0.1, 0.15) is 18.0 Å². The number of anilines is 1. The van der Waals surface area contributed by atoms with Crippen molar-refractivity contribution >= 4 is 35.1 Å². The van der Waals surface area contributed by atoms with E-state index in [0.717, 1.165) is 11.4 Å². The quantitative estimate of drug-likeness (QED) is 0.728. The van der Waals surface area contributed by atoms with Crippen molar-refractivity contribution in [2.75, 3.05) is 31.3 Å². The number of hydrogen-bond acceptors (Lipinski definition) is 5.